The minimum atomic E-state index is -0.679. The van der Waals surface area contributed by atoms with Gasteiger partial charge < -0.3 is 10.2 Å². The Balaban J connectivity index is 1.41. The molecule has 1 N–H and O–H groups in total. The van der Waals surface area contributed by atoms with Gasteiger partial charge in [-0.2, -0.15) is 0 Å². The molecule has 7 heteroatoms. The Labute approximate surface area is 212 Å². The van der Waals surface area contributed by atoms with E-state index in [-0.39, 0.29) is 29.9 Å². The zero-order chi connectivity index (χ0) is 25.8. The normalized spacial score (nSPS) is 15.2. The number of hydrogen-bond donors (Lipinski definition) is 1. The lowest BCUT2D eigenvalue weighted by Gasteiger charge is -2.33. The number of amides is 1. The van der Waals surface area contributed by atoms with Gasteiger partial charge in [0.15, 0.2) is 0 Å². The molecule has 190 valence electrons. The van der Waals surface area contributed by atoms with E-state index in [2.05, 4.69) is 49.3 Å². The lowest BCUT2D eigenvalue weighted by atomic mass is 9.88. The van der Waals surface area contributed by atoms with Crippen LogP contribution < -0.4 is 5.32 Å². The van der Waals surface area contributed by atoms with Crippen molar-refractivity contribution in [3.63, 3.8) is 0 Å². The van der Waals surface area contributed by atoms with Crippen LogP contribution >= 0.6 is 0 Å². The van der Waals surface area contributed by atoms with E-state index in [1.807, 2.05) is 13.1 Å². The van der Waals surface area contributed by atoms with Gasteiger partial charge in [0.2, 0.25) is 5.91 Å². The SMILES string of the molecule is Cc1cc(C)cc(CNC(C)c2cnc(C)nc2C2CCN(C(=O)Cc3c(F)cccc3F)CC2)c1. The number of piperidine rings is 1. The van der Waals surface area contributed by atoms with E-state index in [0.717, 1.165) is 36.5 Å². The van der Waals surface area contributed by atoms with Crippen molar-refractivity contribution in [2.24, 2.45) is 0 Å². The van der Waals surface area contributed by atoms with Crippen molar-refractivity contribution in [2.75, 3.05) is 13.1 Å². The molecule has 0 saturated carbocycles. The highest BCUT2D eigenvalue weighted by Crippen LogP contribution is 2.32. The zero-order valence-corrected chi connectivity index (χ0v) is 21.4. The van der Waals surface area contributed by atoms with Gasteiger partial charge in [-0.1, -0.05) is 35.4 Å². The summed E-state index contributed by atoms with van der Waals surface area (Å²) in [7, 11) is 0. The second-order valence-electron chi connectivity index (χ2n) is 9.89. The number of likely N-dealkylation sites (tertiary alicyclic amines) is 1. The van der Waals surface area contributed by atoms with Crippen LogP contribution in [0.2, 0.25) is 0 Å². The Kier molecular flexibility index (Phi) is 8.09. The average molecular weight is 493 g/mol. The fourth-order valence-corrected chi connectivity index (χ4v) is 5.08. The Morgan fingerprint density at radius 1 is 1.08 bits per heavy atom. The highest BCUT2D eigenvalue weighted by atomic mass is 19.1. The van der Waals surface area contributed by atoms with Gasteiger partial charge in [-0.15, -0.1) is 0 Å². The number of nitrogens with one attached hydrogen (secondary N) is 1. The van der Waals surface area contributed by atoms with Crippen molar-refractivity contribution in [3.8, 4) is 0 Å². The van der Waals surface area contributed by atoms with Crippen molar-refractivity contribution in [1.82, 2.24) is 20.2 Å². The van der Waals surface area contributed by atoms with Gasteiger partial charge in [-0.3, -0.25) is 4.79 Å². The predicted molar refractivity (Wildman–Crippen MR) is 137 cm³/mol. The van der Waals surface area contributed by atoms with E-state index in [1.165, 1.54) is 34.9 Å². The quantitative estimate of drug-likeness (QED) is 0.475. The van der Waals surface area contributed by atoms with Gasteiger partial charge in [0.05, 0.1) is 12.1 Å². The van der Waals surface area contributed by atoms with E-state index < -0.39 is 11.6 Å². The first-order chi connectivity index (χ1) is 17.2. The fraction of sp³-hybridized carbons (Fsp3) is 0.414. The molecule has 1 unspecified atom stereocenters. The van der Waals surface area contributed by atoms with Gasteiger partial charge in [0, 0.05) is 48.9 Å². The average Bonchev–Trinajstić information content (AvgIpc) is 2.84. The van der Waals surface area contributed by atoms with Crippen LogP contribution in [0.1, 0.15) is 71.1 Å². The largest absolute Gasteiger partial charge is 0.342 e. The maximum atomic E-state index is 14.0. The minimum Gasteiger partial charge on any atom is -0.342 e. The number of rotatable bonds is 7. The Hall–Kier alpha value is -3.19. The number of carbonyl (C=O) groups excluding carboxylic acids is 1. The summed E-state index contributed by atoms with van der Waals surface area (Å²) in [6, 6.07) is 10.3. The smallest absolute Gasteiger partial charge is 0.227 e. The van der Waals surface area contributed by atoms with Gasteiger partial charge >= 0.3 is 0 Å². The molecule has 0 bridgehead atoms. The molecule has 4 rings (SSSR count). The summed E-state index contributed by atoms with van der Waals surface area (Å²) in [5.41, 5.74) is 5.67. The van der Waals surface area contributed by atoms with Crippen LogP contribution in [0.4, 0.5) is 8.78 Å². The minimum absolute atomic E-state index is 0.0603. The van der Waals surface area contributed by atoms with Crippen LogP contribution in [0.15, 0.2) is 42.6 Å². The van der Waals surface area contributed by atoms with Gasteiger partial charge in [0.25, 0.3) is 0 Å². The van der Waals surface area contributed by atoms with Crippen molar-refractivity contribution in [2.45, 2.75) is 65.5 Å². The molecular formula is C29H34F2N4O. The summed E-state index contributed by atoms with van der Waals surface area (Å²) < 4.78 is 28.0. The molecule has 1 aliphatic heterocycles. The third kappa shape index (κ3) is 6.13. The molecule has 0 radical (unpaired) electrons. The van der Waals surface area contributed by atoms with Gasteiger partial charge in [-0.05, 0) is 58.2 Å². The first-order valence-electron chi connectivity index (χ1n) is 12.6. The molecule has 36 heavy (non-hydrogen) atoms. The van der Waals surface area contributed by atoms with Crippen molar-refractivity contribution >= 4 is 5.91 Å². The predicted octanol–water partition coefficient (Wildman–Crippen LogP) is 5.48. The zero-order valence-electron chi connectivity index (χ0n) is 21.4. The van der Waals surface area contributed by atoms with E-state index in [9.17, 15) is 13.6 Å². The highest BCUT2D eigenvalue weighted by molar-refractivity contribution is 5.79. The van der Waals surface area contributed by atoms with Gasteiger partial charge in [-0.25, -0.2) is 18.7 Å². The van der Waals surface area contributed by atoms with Gasteiger partial charge in [0.1, 0.15) is 17.5 Å². The van der Waals surface area contributed by atoms with Crippen LogP contribution in [0, 0.1) is 32.4 Å². The summed E-state index contributed by atoms with van der Waals surface area (Å²) in [5, 5.41) is 3.62. The molecule has 1 aliphatic rings. The lowest BCUT2D eigenvalue weighted by Crippen LogP contribution is -2.39. The van der Waals surface area contributed by atoms with E-state index >= 15 is 0 Å². The maximum absolute atomic E-state index is 14.0. The van der Waals surface area contributed by atoms with Crippen LogP contribution in [0.25, 0.3) is 0 Å². The van der Waals surface area contributed by atoms with Crippen LogP contribution in [-0.4, -0.2) is 33.9 Å². The van der Waals surface area contributed by atoms with Crippen LogP contribution in [0.5, 0.6) is 0 Å². The molecule has 1 amide bonds. The number of benzene rings is 2. The summed E-state index contributed by atoms with van der Waals surface area (Å²) in [6.07, 6.45) is 3.15. The second-order valence-corrected chi connectivity index (χ2v) is 9.89. The summed E-state index contributed by atoms with van der Waals surface area (Å²) in [4.78, 5) is 23.7. The Morgan fingerprint density at radius 3 is 2.36 bits per heavy atom. The van der Waals surface area contributed by atoms with Crippen molar-refractivity contribution in [3.05, 3.63) is 93.6 Å². The molecule has 3 aromatic rings. The van der Waals surface area contributed by atoms with Crippen LogP contribution in [0.3, 0.4) is 0 Å². The molecular weight excluding hydrogens is 458 g/mol. The van der Waals surface area contributed by atoms with Crippen molar-refractivity contribution < 1.29 is 13.6 Å². The van der Waals surface area contributed by atoms with E-state index in [4.69, 9.17) is 4.98 Å². The molecule has 1 aromatic heterocycles. The molecule has 0 aliphatic carbocycles. The summed E-state index contributed by atoms with van der Waals surface area (Å²) >= 11 is 0. The van der Waals surface area contributed by atoms with E-state index in [0.29, 0.717) is 13.1 Å². The topological polar surface area (TPSA) is 58.1 Å². The third-order valence-corrected chi connectivity index (χ3v) is 6.95. The standard InChI is InChI=1S/C29H34F2N4O/c1-18-12-19(2)14-22(13-18)16-32-20(3)25-17-33-21(4)34-29(25)23-8-10-35(11-9-23)28(36)15-24-26(30)6-5-7-27(24)31/h5-7,12-14,17,20,23,32H,8-11,15-16H2,1-4H3. The number of aromatic nitrogens is 2. The van der Waals surface area contributed by atoms with E-state index in [1.54, 1.807) is 4.90 Å². The second kappa shape index (κ2) is 11.2. The molecule has 2 heterocycles. The first kappa shape index (κ1) is 25.9. The maximum Gasteiger partial charge on any atom is 0.227 e. The van der Waals surface area contributed by atoms with Crippen LogP contribution in [-0.2, 0) is 17.8 Å². The number of halogens is 2. The highest BCUT2D eigenvalue weighted by Gasteiger charge is 2.28. The molecule has 2 aromatic carbocycles. The van der Waals surface area contributed by atoms with Crippen molar-refractivity contribution in [1.29, 1.82) is 0 Å². The summed E-state index contributed by atoms with van der Waals surface area (Å²) in [6.45, 7) is 10.0. The lowest BCUT2D eigenvalue weighted by molar-refractivity contribution is -0.131. The number of carbonyl (C=O) groups is 1. The Bertz CT molecular complexity index is 1200. The first-order valence-corrected chi connectivity index (χ1v) is 12.6. The number of aryl methyl sites for hydroxylation is 3. The summed E-state index contributed by atoms with van der Waals surface area (Å²) in [5.74, 6) is -0.687. The third-order valence-electron chi connectivity index (χ3n) is 6.95. The molecule has 1 saturated heterocycles. The Morgan fingerprint density at radius 2 is 1.72 bits per heavy atom. The molecule has 0 spiro atoms. The molecule has 5 nitrogen and oxygen atoms in total. The number of nitrogens with zero attached hydrogens (tertiary/aromatic N) is 3. The number of hydrogen-bond acceptors (Lipinski definition) is 4. The molecule has 1 fully saturated rings. The molecule has 1 atom stereocenters. The monoisotopic (exact) mass is 492 g/mol. The fourth-order valence-electron chi connectivity index (χ4n) is 5.08.